The van der Waals surface area contributed by atoms with Gasteiger partial charge in [-0.3, -0.25) is 4.98 Å². The normalized spacial score (nSPS) is 10.2. The van der Waals surface area contributed by atoms with Crippen molar-refractivity contribution >= 4 is 5.97 Å². The lowest BCUT2D eigenvalue weighted by atomic mass is 10.3. The van der Waals surface area contributed by atoms with Crippen LogP contribution in [0.1, 0.15) is 16.1 Å². The summed E-state index contributed by atoms with van der Waals surface area (Å²) in [5.74, 6) is -0.982. The number of nitrogens with zero attached hydrogens (tertiary/aromatic N) is 4. The fourth-order valence-electron chi connectivity index (χ4n) is 1.30. The molecule has 2 aromatic heterocycles. The minimum atomic E-state index is -0.561. The lowest BCUT2D eigenvalue weighted by Crippen LogP contribution is -2.02. The minimum absolute atomic E-state index is 0.108. The summed E-state index contributed by atoms with van der Waals surface area (Å²) >= 11 is 0. The Labute approximate surface area is 96.0 Å². The van der Waals surface area contributed by atoms with E-state index in [0.717, 1.165) is 6.20 Å². The van der Waals surface area contributed by atoms with Crippen molar-refractivity contribution in [1.29, 1.82) is 0 Å². The van der Waals surface area contributed by atoms with Crippen LogP contribution in [-0.2, 0) is 11.3 Å². The summed E-state index contributed by atoms with van der Waals surface area (Å²) in [4.78, 5) is 14.8. The van der Waals surface area contributed by atoms with Crippen LogP contribution in [0.2, 0.25) is 0 Å². The molecule has 0 amide bonds. The highest BCUT2D eigenvalue weighted by atomic mass is 19.1. The SMILES string of the molecule is COC(=O)c1cn(Cc2cncc(F)c2)nn1. The van der Waals surface area contributed by atoms with Crippen LogP contribution in [0.3, 0.4) is 0 Å². The van der Waals surface area contributed by atoms with Crippen LogP contribution in [0, 0.1) is 5.82 Å². The first-order chi connectivity index (χ1) is 8.19. The Bertz CT molecular complexity index is 541. The molecule has 0 aromatic carbocycles. The summed E-state index contributed by atoms with van der Waals surface area (Å²) in [6.45, 7) is 0.286. The van der Waals surface area contributed by atoms with Crippen molar-refractivity contribution in [3.05, 3.63) is 41.7 Å². The Morgan fingerprint density at radius 3 is 3.06 bits per heavy atom. The number of halogens is 1. The largest absolute Gasteiger partial charge is 0.464 e. The van der Waals surface area contributed by atoms with Crippen molar-refractivity contribution in [2.75, 3.05) is 7.11 Å². The molecule has 7 heteroatoms. The summed E-state index contributed by atoms with van der Waals surface area (Å²) in [7, 11) is 1.26. The molecule has 0 saturated heterocycles. The second-order valence-electron chi connectivity index (χ2n) is 3.30. The molecule has 0 atom stereocenters. The van der Waals surface area contributed by atoms with E-state index in [-0.39, 0.29) is 12.2 Å². The van der Waals surface area contributed by atoms with Gasteiger partial charge in [0.05, 0.1) is 26.0 Å². The van der Waals surface area contributed by atoms with Gasteiger partial charge in [-0.2, -0.15) is 0 Å². The molecule has 0 saturated carbocycles. The Balaban J connectivity index is 2.14. The molecular formula is C10H9FN4O2. The van der Waals surface area contributed by atoms with E-state index in [1.54, 1.807) is 0 Å². The topological polar surface area (TPSA) is 69.9 Å². The number of hydrogen-bond acceptors (Lipinski definition) is 5. The third kappa shape index (κ3) is 2.63. The van der Waals surface area contributed by atoms with Gasteiger partial charge < -0.3 is 4.74 Å². The molecule has 6 nitrogen and oxygen atoms in total. The number of hydrogen-bond donors (Lipinski definition) is 0. The fraction of sp³-hybridized carbons (Fsp3) is 0.200. The van der Waals surface area contributed by atoms with Crippen LogP contribution in [0.15, 0.2) is 24.7 Å². The summed E-state index contributed by atoms with van der Waals surface area (Å²) < 4.78 is 18.8. The van der Waals surface area contributed by atoms with Gasteiger partial charge >= 0.3 is 5.97 Å². The molecule has 0 aliphatic heterocycles. The number of methoxy groups -OCH3 is 1. The van der Waals surface area contributed by atoms with Gasteiger partial charge in [0.2, 0.25) is 0 Å². The standard InChI is InChI=1S/C10H9FN4O2/c1-17-10(16)9-6-15(14-13-9)5-7-2-8(11)4-12-3-7/h2-4,6H,5H2,1H3. The number of pyridine rings is 1. The first-order valence-corrected chi connectivity index (χ1v) is 4.77. The molecular weight excluding hydrogens is 227 g/mol. The number of aromatic nitrogens is 4. The van der Waals surface area contributed by atoms with E-state index in [1.165, 1.54) is 30.3 Å². The maximum atomic E-state index is 12.9. The van der Waals surface area contributed by atoms with Crippen LogP contribution in [0.4, 0.5) is 4.39 Å². The van der Waals surface area contributed by atoms with Crippen molar-refractivity contribution < 1.29 is 13.9 Å². The van der Waals surface area contributed by atoms with Gasteiger partial charge in [-0.05, 0) is 11.6 Å². The molecule has 0 fully saturated rings. The molecule has 0 aliphatic carbocycles. The Hall–Kier alpha value is -2.31. The lowest BCUT2D eigenvalue weighted by Gasteiger charge is -1.99. The molecule has 0 radical (unpaired) electrons. The van der Waals surface area contributed by atoms with Gasteiger partial charge in [-0.25, -0.2) is 13.9 Å². The van der Waals surface area contributed by atoms with Crippen LogP contribution in [0.25, 0.3) is 0 Å². The number of esters is 1. The van der Waals surface area contributed by atoms with Crippen molar-refractivity contribution in [3.63, 3.8) is 0 Å². The molecule has 2 rings (SSSR count). The zero-order chi connectivity index (χ0) is 12.3. The third-order valence-corrected chi connectivity index (χ3v) is 2.04. The van der Waals surface area contributed by atoms with Crippen molar-refractivity contribution in [1.82, 2.24) is 20.0 Å². The summed E-state index contributed by atoms with van der Waals surface area (Å²) in [5, 5.41) is 7.36. The van der Waals surface area contributed by atoms with E-state index in [1.807, 2.05) is 0 Å². The monoisotopic (exact) mass is 236 g/mol. The molecule has 17 heavy (non-hydrogen) atoms. The molecule has 88 valence electrons. The van der Waals surface area contributed by atoms with Gasteiger partial charge in [-0.15, -0.1) is 5.10 Å². The Kier molecular flexibility index (Phi) is 3.08. The minimum Gasteiger partial charge on any atom is -0.464 e. The van der Waals surface area contributed by atoms with Crippen molar-refractivity contribution in [3.8, 4) is 0 Å². The van der Waals surface area contributed by atoms with Crippen molar-refractivity contribution in [2.45, 2.75) is 6.54 Å². The highest BCUT2D eigenvalue weighted by Gasteiger charge is 2.10. The van der Waals surface area contributed by atoms with Gasteiger partial charge in [0.1, 0.15) is 5.82 Å². The first-order valence-electron chi connectivity index (χ1n) is 4.77. The fourth-order valence-corrected chi connectivity index (χ4v) is 1.30. The number of rotatable bonds is 3. The van der Waals surface area contributed by atoms with Gasteiger partial charge in [-0.1, -0.05) is 5.21 Å². The maximum absolute atomic E-state index is 12.9. The van der Waals surface area contributed by atoms with E-state index in [4.69, 9.17) is 0 Å². The van der Waals surface area contributed by atoms with E-state index in [2.05, 4.69) is 20.0 Å². The summed E-state index contributed by atoms with van der Waals surface area (Å²) in [5.41, 5.74) is 0.739. The van der Waals surface area contributed by atoms with Crippen molar-refractivity contribution in [2.24, 2.45) is 0 Å². The smallest absolute Gasteiger partial charge is 0.360 e. The molecule has 0 bridgehead atoms. The number of ether oxygens (including phenoxy) is 1. The lowest BCUT2D eigenvalue weighted by molar-refractivity contribution is 0.0594. The molecule has 0 unspecified atom stereocenters. The molecule has 0 spiro atoms. The molecule has 0 N–H and O–H groups in total. The second-order valence-corrected chi connectivity index (χ2v) is 3.30. The van der Waals surface area contributed by atoms with E-state index >= 15 is 0 Å². The first kappa shape index (κ1) is 11.2. The predicted octanol–water partition coefficient (Wildman–Crippen LogP) is 0.647. The average molecular weight is 236 g/mol. The highest BCUT2D eigenvalue weighted by Crippen LogP contribution is 2.04. The van der Waals surface area contributed by atoms with E-state index in [0.29, 0.717) is 5.56 Å². The summed E-state index contributed by atoms with van der Waals surface area (Å²) in [6, 6.07) is 1.34. The predicted molar refractivity (Wildman–Crippen MR) is 54.7 cm³/mol. The molecule has 2 aromatic rings. The van der Waals surface area contributed by atoms with Crippen LogP contribution < -0.4 is 0 Å². The Morgan fingerprint density at radius 1 is 1.53 bits per heavy atom. The quantitative estimate of drug-likeness (QED) is 0.732. The zero-order valence-electron chi connectivity index (χ0n) is 9.00. The summed E-state index contributed by atoms with van der Waals surface area (Å²) in [6.07, 6.45) is 4.06. The van der Waals surface area contributed by atoms with Crippen LogP contribution >= 0.6 is 0 Å². The number of carbonyl (C=O) groups excluding carboxylic acids is 1. The van der Waals surface area contributed by atoms with Gasteiger partial charge in [0, 0.05) is 6.20 Å². The van der Waals surface area contributed by atoms with E-state index in [9.17, 15) is 9.18 Å². The zero-order valence-corrected chi connectivity index (χ0v) is 9.00. The molecule has 0 aliphatic rings. The highest BCUT2D eigenvalue weighted by molar-refractivity contribution is 5.86. The van der Waals surface area contributed by atoms with Crippen LogP contribution in [0.5, 0.6) is 0 Å². The van der Waals surface area contributed by atoms with Crippen LogP contribution in [-0.4, -0.2) is 33.1 Å². The average Bonchev–Trinajstić information content (AvgIpc) is 2.76. The Morgan fingerprint density at radius 2 is 2.35 bits per heavy atom. The molecule has 2 heterocycles. The third-order valence-electron chi connectivity index (χ3n) is 2.04. The van der Waals surface area contributed by atoms with E-state index < -0.39 is 11.8 Å². The second kappa shape index (κ2) is 4.69. The van der Waals surface area contributed by atoms with Gasteiger partial charge in [0.15, 0.2) is 5.69 Å². The van der Waals surface area contributed by atoms with Gasteiger partial charge in [0.25, 0.3) is 0 Å². The number of carbonyl (C=O) groups is 1. The maximum Gasteiger partial charge on any atom is 0.360 e.